The van der Waals surface area contributed by atoms with Crippen LogP contribution in [0.2, 0.25) is 0 Å². The SMILES string of the molecule is CNC(c1cc2cc(C)ccc2o1)C1CCS(=O)(=O)C1. The van der Waals surface area contributed by atoms with Gasteiger partial charge in [0, 0.05) is 5.39 Å². The van der Waals surface area contributed by atoms with E-state index in [-0.39, 0.29) is 23.5 Å². The summed E-state index contributed by atoms with van der Waals surface area (Å²) in [6, 6.07) is 8.05. The molecule has 108 valence electrons. The molecule has 2 atom stereocenters. The predicted molar refractivity (Wildman–Crippen MR) is 79.5 cm³/mol. The maximum atomic E-state index is 11.7. The van der Waals surface area contributed by atoms with Gasteiger partial charge in [-0.05, 0) is 44.5 Å². The van der Waals surface area contributed by atoms with Gasteiger partial charge < -0.3 is 9.73 Å². The summed E-state index contributed by atoms with van der Waals surface area (Å²) in [5, 5.41) is 4.29. The highest BCUT2D eigenvalue weighted by Gasteiger charge is 2.35. The highest BCUT2D eigenvalue weighted by Crippen LogP contribution is 2.34. The molecule has 2 aromatic rings. The summed E-state index contributed by atoms with van der Waals surface area (Å²) >= 11 is 0. The number of nitrogens with one attached hydrogen (secondary N) is 1. The zero-order chi connectivity index (χ0) is 14.3. The van der Waals surface area contributed by atoms with Crippen LogP contribution in [0.1, 0.15) is 23.8 Å². The van der Waals surface area contributed by atoms with E-state index in [2.05, 4.69) is 11.4 Å². The van der Waals surface area contributed by atoms with Gasteiger partial charge in [0.1, 0.15) is 11.3 Å². The van der Waals surface area contributed by atoms with Gasteiger partial charge in [0.15, 0.2) is 9.84 Å². The third-order valence-electron chi connectivity index (χ3n) is 4.05. The molecule has 1 aromatic carbocycles. The van der Waals surface area contributed by atoms with Gasteiger partial charge in [-0.3, -0.25) is 0 Å². The molecule has 1 N–H and O–H groups in total. The standard InChI is InChI=1S/C15H19NO3S/c1-10-3-4-13-12(7-10)8-14(19-13)15(16-2)11-5-6-20(17,18)9-11/h3-4,7-8,11,15-16H,5-6,9H2,1-2H3. The minimum absolute atomic E-state index is 0.0417. The van der Waals surface area contributed by atoms with Gasteiger partial charge >= 0.3 is 0 Å². The summed E-state index contributed by atoms with van der Waals surface area (Å²) < 4.78 is 29.2. The Morgan fingerprint density at radius 1 is 1.35 bits per heavy atom. The third kappa shape index (κ3) is 2.47. The molecule has 2 unspecified atom stereocenters. The van der Waals surface area contributed by atoms with Gasteiger partial charge in [-0.25, -0.2) is 8.42 Å². The fraction of sp³-hybridized carbons (Fsp3) is 0.467. The molecule has 1 saturated heterocycles. The average Bonchev–Trinajstić information content (AvgIpc) is 2.93. The molecular formula is C15H19NO3S. The van der Waals surface area contributed by atoms with Gasteiger partial charge in [0.25, 0.3) is 0 Å². The average molecular weight is 293 g/mol. The number of sulfone groups is 1. The van der Waals surface area contributed by atoms with E-state index in [1.54, 1.807) is 0 Å². The summed E-state index contributed by atoms with van der Waals surface area (Å²) in [6.45, 7) is 2.05. The molecule has 0 radical (unpaired) electrons. The van der Waals surface area contributed by atoms with E-state index in [1.807, 2.05) is 32.2 Å². The van der Waals surface area contributed by atoms with Crippen molar-refractivity contribution in [2.24, 2.45) is 5.92 Å². The van der Waals surface area contributed by atoms with E-state index >= 15 is 0 Å². The van der Waals surface area contributed by atoms with Crippen molar-refractivity contribution in [3.05, 3.63) is 35.6 Å². The maximum absolute atomic E-state index is 11.7. The van der Waals surface area contributed by atoms with Crippen molar-refractivity contribution in [3.63, 3.8) is 0 Å². The lowest BCUT2D eigenvalue weighted by atomic mass is 9.97. The summed E-state index contributed by atoms with van der Waals surface area (Å²) in [5.74, 6) is 1.45. The number of aryl methyl sites for hydroxylation is 1. The van der Waals surface area contributed by atoms with Crippen LogP contribution in [0.4, 0.5) is 0 Å². The van der Waals surface area contributed by atoms with Crippen molar-refractivity contribution in [1.82, 2.24) is 5.32 Å². The number of furan rings is 1. The van der Waals surface area contributed by atoms with E-state index < -0.39 is 9.84 Å². The van der Waals surface area contributed by atoms with Gasteiger partial charge in [-0.1, -0.05) is 11.6 Å². The zero-order valence-electron chi connectivity index (χ0n) is 11.7. The van der Waals surface area contributed by atoms with Gasteiger partial charge in [0.05, 0.1) is 17.5 Å². The number of benzene rings is 1. The second-order valence-corrected chi connectivity index (χ2v) is 7.85. The van der Waals surface area contributed by atoms with Crippen molar-refractivity contribution in [2.45, 2.75) is 19.4 Å². The highest BCUT2D eigenvalue weighted by molar-refractivity contribution is 7.91. The molecule has 2 heterocycles. The Bertz CT molecular complexity index is 733. The second kappa shape index (κ2) is 4.90. The fourth-order valence-corrected chi connectivity index (χ4v) is 4.87. The first-order chi connectivity index (χ1) is 9.48. The molecule has 3 rings (SSSR count). The van der Waals surface area contributed by atoms with Crippen molar-refractivity contribution < 1.29 is 12.8 Å². The van der Waals surface area contributed by atoms with Crippen molar-refractivity contribution >= 4 is 20.8 Å². The molecule has 0 spiro atoms. The Morgan fingerprint density at radius 2 is 2.15 bits per heavy atom. The summed E-state index contributed by atoms with van der Waals surface area (Å²) in [4.78, 5) is 0. The fourth-order valence-electron chi connectivity index (χ4n) is 3.03. The lowest BCUT2D eigenvalue weighted by Gasteiger charge is -2.19. The molecule has 5 heteroatoms. The summed E-state index contributed by atoms with van der Waals surface area (Å²) in [6.07, 6.45) is 0.698. The van der Waals surface area contributed by atoms with Crippen LogP contribution >= 0.6 is 0 Å². The van der Waals surface area contributed by atoms with E-state index in [1.165, 1.54) is 5.56 Å². The molecule has 1 aliphatic heterocycles. The van der Waals surface area contributed by atoms with Crippen LogP contribution in [0.15, 0.2) is 28.7 Å². The minimum Gasteiger partial charge on any atom is -0.459 e. The number of rotatable bonds is 3. The smallest absolute Gasteiger partial charge is 0.150 e. The summed E-state index contributed by atoms with van der Waals surface area (Å²) in [5.41, 5.74) is 2.04. The monoisotopic (exact) mass is 293 g/mol. The molecule has 4 nitrogen and oxygen atoms in total. The molecule has 20 heavy (non-hydrogen) atoms. The quantitative estimate of drug-likeness (QED) is 0.944. The molecule has 0 aliphatic carbocycles. The third-order valence-corrected chi connectivity index (χ3v) is 5.84. The van der Waals surface area contributed by atoms with Crippen LogP contribution in [0.25, 0.3) is 11.0 Å². The Morgan fingerprint density at radius 3 is 2.80 bits per heavy atom. The van der Waals surface area contributed by atoms with Crippen LogP contribution in [-0.2, 0) is 9.84 Å². The topological polar surface area (TPSA) is 59.3 Å². The molecule has 0 amide bonds. The van der Waals surface area contributed by atoms with E-state index in [0.29, 0.717) is 6.42 Å². The Labute approximate surface area is 119 Å². The lowest BCUT2D eigenvalue weighted by Crippen LogP contribution is -2.25. The predicted octanol–water partition coefficient (Wildman–Crippen LogP) is 2.44. The van der Waals surface area contributed by atoms with Crippen LogP contribution in [0.5, 0.6) is 0 Å². The first-order valence-corrected chi connectivity index (χ1v) is 8.68. The number of hydrogen-bond acceptors (Lipinski definition) is 4. The van der Waals surface area contributed by atoms with Crippen LogP contribution < -0.4 is 5.32 Å². The number of hydrogen-bond donors (Lipinski definition) is 1. The van der Waals surface area contributed by atoms with Crippen molar-refractivity contribution in [3.8, 4) is 0 Å². The van der Waals surface area contributed by atoms with Gasteiger partial charge in [-0.15, -0.1) is 0 Å². The van der Waals surface area contributed by atoms with E-state index in [0.717, 1.165) is 16.7 Å². The summed E-state index contributed by atoms with van der Waals surface area (Å²) in [7, 11) is -1.02. The normalized spacial score (nSPS) is 23.2. The first-order valence-electron chi connectivity index (χ1n) is 6.86. The highest BCUT2D eigenvalue weighted by atomic mass is 32.2. The first kappa shape index (κ1) is 13.6. The molecule has 0 saturated carbocycles. The van der Waals surface area contributed by atoms with Crippen LogP contribution in [0.3, 0.4) is 0 Å². The van der Waals surface area contributed by atoms with Crippen LogP contribution in [-0.4, -0.2) is 27.0 Å². The number of fused-ring (bicyclic) bond motifs is 1. The van der Waals surface area contributed by atoms with Gasteiger partial charge in [-0.2, -0.15) is 0 Å². The molecular weight excluding hydrogens is 274 g/mol. The Hall–Kier alpha value is -1.33. The molecule has 1 aliphatic rings. The second-order valence-electron chi connectivity index (χ2n) is 5.62. The lowest BCUT2D eigenvalue weighted by molar-refractivity contribution is 0.356. The maximum Gasteiger partial charge on any atom is 0.150 e. The van der Waals surface area contributed by atoms with E-state index in [4.69, 9.17) is 4.42 Å². The Kier molecular flexibility index (Phi) is 3.34. The Balaban J connectivity index is 1.95. The minimum atomic E-state index is -2.88. The van der Waals surface area contributed by atoms with Crippen molar-refractivity contribution in [2.75, 3.05) is 18.6 Å². The van der Waals surface area contributed by atoms with E-state index in [9.17, 15) is 8.42 Å². The van der Waals surface area contributed by atoms with Gasteiger partial charge in [0.2, 0.25) is 0 Å². The molecule has 1 fully saturated rings. The zero-order valence-corrected chi connectivity index (χ0v) is 12.5. The molecule has 1 aromatic heterocycles. The van der Waals surface area contributed by atoms with Crippen LogP contribution in [0, 0.1) is 12.8 Å². The molecule has 0 bridgehead atoms. The van der Waals surface area contributed by atoms with Crippen molar-refractivity contribution in [1.29, 1.82) is 0 Å². The largest absolute Gasteiger partial charge is 0.459 e.